The average Bonchev–Trinajstić information content (AvgIpc) is 2.51. The summed E-state index contributed by atoms with van der Waals surface area (Å²) in [6, 6.07) is 7.30. The molecule has 0 spiro atoms. The summed E-state index contributed by atoms with van der Waals surface area (Å²) >= 11 is 10.9. The predicted octanol–water partition coefficient (Wildman–Crippen LogP) is 5.37. The Kier molecular flexibility index (Phi) is 7.95. The van der Waals surface area contributed by atoms with Crippen molar-refractivity contribution in [3.8, 4) is 11.5 Å². The Bertz CT molecular complexity index is 744. The normalized spacial score (nSPS) is 11.7. The van der Waals surface area contributed by atoms with E-state index in [1.54, 1.807) is 12.4 Å². The highest BCUT2D eigenvalue weighted by atomic mass is 127. The van der Waals surface area contributed by atoms with E-state index < -0.39 is 0 Å². The number of aromatic hydroxyl groups is 2. The van der Waals surface area contributed by atoms with E-state index in [-0.39, 0.29) is 11.5 Å². The predicted molar refractivity (Wildman–Crippen MR) is 122 cm³/mol. The van der Waals surface area contributed by atoms with Gasteiger partial charge in [0.1, 0.15) is 11.5 Å². The number of nitrogens with zero attached hydrogens (tertiary/aromatic N) is 2. The smallest absolute Gasteiger partial charge is 0.137 e. The average molecular weight is 678 g/mol. The molecular formula is C16H12Br2I2N2O2. The molecule has 0 aliphatic heterocycles. The highest BCUT2D eigenvalue weighted by molar-refractivity contribution is 14.1. The molecular weight excluding hydrogens is 666 g/mol. The van der Waals surface area contributed by atoms with E-state index in [0.29, 0.717) is 24.2 Å². The maximum atomic E-state index is 9.97. The van der Waals surface area contributed by atoms with Gasteiger partial charge < -0.3 is 10.2 Å². The first kappa shape index (κ1) is 20.1. The molecule has 4 nitrogen and oxygen atoms in total. The fourth-order valence-electron chi connectivity index (χ4n) is 1.81. The van der Waals surface area contributed by atoms with E-state index in [1.807, 2.05) is 24.3 Å². The van der Waals surface area contributed by atoms with Crippen molar-refractivity contribution in [2.24, 2.45) is 9.98 Å². The Labute approximate surface area is 184 Å². The molecule has 0 bridgehead atoms. The van der Waals surface area contributed by atoms with Gasteiger partial charge >= 0.3 is 0 Å². The van der Waals surface area contributed by atoms with Crippen LogP contribution in [0.1, 0.15) is 11.1 Å². The van der Waals surface area contributed by atoms with Crippen LogP contribution in [-0.4, -0.2) is 35.7 Å². The summed E-state index contributed by atoms with van der Waals surface area (Å²) < 4.78 is 3.31. The highest BCUT2D eigenvalue weighted by Crippen LogP contribution is 2.28. The minimum atomic E-state index is 0.222. The first-order valence-corrected chi connectivity index (χ1v) is 10.5. The van der Waals surface area contributed by atoms with Gasteiger partial charge in [-0.15, -0.1) is 0 Å². The number of halogens is 4. The maximum Gasteiger partial charge on any atom is 0.137 e. The van der Waals surface area contributed by atoms with Crippen LogP contribution in [-0.2, 0) is 0 Å². The van der Waals surface area contributed by atoms with Gasteiger partial charge in [0.05, 0.1) is 20.2 Å². The molecule has 0 radical (unpaired) electrons. The van der Waals surface area contributed by atoms with Gasteiger partial charge in [-0.3, -0.25) is 9.98 Å². The molecule has 2 aromatic rings. The summed E-state index contributed by atoms with van der Waals surface area (Å²) in [5, 5.41) is 19.9. The Morgan fingerprint density at radius 3 is 1.54 bits per heavy atom. The molecule has 2 N–H and O–H groups in total. The Hall–Kier alpha value is -0.200. The molecule has 0 saturated carbocycles. The van der Waals surface area contributed by atoms with Crippen molar-refractivity contribution in [2.45, 2.75) is 0 Å². The number of hydrogen-bond donors (Lipinski definition) is 2. The van der Waals surface area contributed by atoms with Crippen LogP contribution in [0.25, 0.3) is 0 Å². The first-order valence-electron chi connectivity index (χ1n) is 6.74. The second-order valence-electron chi connectivity index (χ2n) is 4.72. The van der Waals surface area contributed by atoms with E-state index in [4.69, 9.17) is 0 Å². The molecule has 126 valence electrons. The van der Waals surface area contributed by atoms with E-state index >= 15 is 0 Å². The van der Waals surface area contributed by atoms with Gasteiger partial charge in [0.2, 0.25) is 0 Å². The van der Waals surface area contributed by atoms with E-state index in [1.165, 1.54) is 0 Å². The molecule has 0 atom stereocenters. The molecule has 8 heteroatoms. The molecule has 0 heterocycles. The van der Waals surface area contributed by atoms with E-state index in [9.17, 15) is 10.2 Å². The lowest BCUT2D eigenvalue weighted by Crippen LogP contribution is -1.93. The SMILES string of the molecule is Oc1c(I)cc(Br)cc1C=NCCN=Cc1cc(Br)cc(I)c1O. The molecule has 0 aromatic heterocycles. The molecule has 2 rings (SSSR count). The number of benzene rings is 2. The van der Waals surface area contributed by atoms with Gasteiger partial charge in [-0.25, -0.2) is 0 Å². The van der Waals surface area contributed by atoms with Gasteiger partial charge in [-0.2, -0.15) is 0 Å². The van der Waals surface area contributed by atoms with Crippen LogP contribution in [0, 0.1) is 7.14 Å². The molecule has 0 fully saturated rings. The van der Waals surface area contributed by atoms with Crippen molar-refractivity contribution < 1.29 is 10.2 Å². The van der Waals surface area contributed by atoms with Gasteiger partial charge in [0, 0.05) is 32.5 Å². The second-order valence-corrected chi connectivity index (χ2v) is 8.88. The topological polar surface area (TPSA) is 65.2 Å². The van der Waals surface area contributed by atoms with Crippen LogP contribution in [0.2, 0.25) is 0 Å². The number of phenolic OH excluding ortho intramolecular Hbond substituents is 2. The van der Waals surface area contributed by atoms with Gasteiger partial charge in [-0.05, 0) is 69.4 Å². The summed E-state index contributed by atoms with van der Waals surface area (Å²) in [6.07, 6.45) is 3.27. The number of phenols is 2. The lowest BCUT2D eigenvalue weighted by atomic mass is 10.2. The minimum absolute atomic E-state index is 0.222. The van der Waals surface area contributed by atoms with Crippen molar-refractivity contribution >= 4 is 89.5 Å². The van der Waals surface area contributed by atoms with Gasteiger partial charge in [-0.1, -0.05) is 31.9 Å². The van der Waals surface area contributed by atoms with Crippen molar-refractivity contribution in [3.63, 3.8) is 0 Å². The zero-order valence-corrected chi connectivity index (χ0v) is 19.7. The molecule has 24 heavy (non-hydrogen) atoms. The molecule has 0 amide bonds. The molecule has 0 aliphatic carbocycles. The summed E-state index contributed by atoms with van der Waals surface area (Å²) in [6.45, 7) is 0.982. The number of hydrogen-bond acceptors (Lipinski definition) is 4. The summed E-state index contributed by atoms with van der Waals surface area (Å²) in [5.41, 5.74) is 1.33. The minimum Gasteiger partial charge on any atom is -0.506 e. The zero-order chi connectivity index (χ0) is 17.7. The summed E-state index contributed by atoms with van der Waals surface area (Å²) in [7, 11) is 0. The molecule has 0 aliphatic rings. The van der Waals surface area contributed by atoms with Crippen LogP contribution in [0.4, 0.5) is 0 Å². The maximum absolute atomic E-state index is 9.97. The Morgan fingerprint density at radius 2 is 1.17 bits per heavy atom. The Balaban J connectivity index is 1.96. The van der Waals surface area contributed by atoms with Gasteiger partial charge in [0.15, 0.2) is 0 Å². The van der Waals surface area contributed by atoms with Crippen LogP contribution in [0.15, 0.2) is 43.2 Å². The number of rotatable bonds is 5. The Morgan fingerprint density at radius 1 is 0.792 bits per heavy atom. The van der Waals surface area contributed by atoms with Crippen LogP contribution >= 0.6 is 77.0 Å². The third kappa shape index (κ3) is 5.67. The molecule has 0 saturated heterocycles. The third-order valence-electron chi connectivity index (χ3n) is 2.93. The van der Waals surface area contributed by atoms with Crippen molar-refractivity contribution in [3.05, 3.63) is 51.5 Å². The first-order chi connectivity index (χ1) is 11.4. The lowest BCUT2D eigenvalue weighted by molar-refractivity contribution is 0.470. The van der Waals surface area contributed by atoms with Crippen molar-refractivity contribution in [1.82, 2.24) is 0 Å². The van der Waals surface area contributed by atoms with Gasteiger partial charge in [0.25, 0.3) is 0 Å². The van der Waals surface area contributed by atoms with Crippen LogP contribution in [0.5, 0.6) is 11.5 Å². The summed E-state index contributed by atoms with van der Waals surface area (Å²) in [5.74, 6) is 0.444. The summed E-state index contributed by atoms with van der Waals surface area (Å²) in [4.78, 5) is 8.55. The monoisotopic (exact) mass is 676 g/mol. The fourth-order valence-corrected chi connectivity index (χ4v) is 4.91. The molecule has 0 unspecified atom stereocenters. The largest absolute Gasteiger partial charge is 0.506 e. The van der Waals surface area contributed by atoms with Crippen LogP contribution in [0.3, 0.4) is 0 Å². The lowest BCUT2D eigenvalue weighted by Gasteiger charge is -2.03. The third-order valence-corrected chi connectivity index (χ3v) is 5.49. The van der Waals surface area contributed by atoms with E-state index in [0.717, 1.165) is 16.1 Å². The zero-order valence-electron chi connectivity index (χ0n) is 12.2. The number of aliphatic imine (C=N–C) groups is 2. The second kappa shape index (κ2) is 9.48. The van der Waals surface area contributed by atoms with E-state index in [2.05, 4.69) is 87.0 Å². The quantitative estimate of drug-likeness (QED) is 0.254. The fraction of sp³-hybridized carbons (Fsp3) is 0.125. The molecule has 2 aromatic carbocycles. The van der Waals surface area contributed by atoms with Crippen molar-refractivity contribution in [2.75, 3.05) is 13.1 Å². The van der Waals surface area contributed by atoms with Crippen LogP contribution < -0.4 is 0 Å². The standard InChI is InChI=1S/C16H12Br2I2N2O2/c17-11-3-9(15(23)13(19)5-11)7-21-1-2-22-8-10-4-12(18)6-14(20)16(10)24/h3-8,23-24H,1-2H2. The highest BCUT2D eigenvalue weighted by Gasteiger charge is 2.05. The van der Waals surface area contributed by atoms with Crippen molar-refractivity contribution in [1.29, 1.82) is 0 Å².